The van der Waals surface area contributed by atoms with Gasteiger partial charge in [-0.25, -0.2) is 9.36 Å². The van der Waals surface area contributed by atoms with Crippen molar-refractivity contribution in [1.82, 2.24) is 13.9 Å². The number of benzene rings is 2. The first-order valence-corrected chi connectivity index (χ1v) is 11.1. The zero-order valence-electron chi connectivity index (χ0n) is 20.3. The van der Waals surface area contributed by atoms with Crippen LogP contribution in [-0.4, -0.2) is 26.2 Å². The highest BCUT2D eigenvalue weighted by molar-refractivity contribution is 5.43. The maximum Gasteiger partial charge on any atom is 0.329 e. The van der Waals surface area contributed by atoms with E-state index < -0.39 is 23.0 Å². The van der Waals surface area contributed by atoms with Gasteiger partial charge in [0.1, 0.15) is 23.9 Å². The number of rotatable bonds is 6. The van der Waals surface area contributed by atoms with E-state index in [1.807, 2.05) is 41.8 Å². The Hall–Kier alpha value is -4.27. The van der Waals surface area contributed by atoms with Crippen LogP contribution in [0, 0.1) is 13.8 Å². The lowest BCUT2D eigenvalue weighted by Crippen LogP contribution is -2.45. The lowest BCUT2D eigenvalue weighted by molar-refractivity contribution is -0.702. The lowest BCUT2D eigenvalue weighted by atomic mass is 9.91. The molecule has 9 heteroatoms. The van der Waals surface area contributed by atoms with Crippen LogP contribution < -0.4 is 25.7 Å². The molecule has 0 aliphatic carbocycles. The second-order valence-corrected chi connectivity index (χ2v) is 8.54. The number of ether oxygens (including phenoxy) is 1. The zero-order chi connectivity index (χ0) is 25.4. The molecule has 9 nitrogen and oxygen atoms in total. The van der Waals surface area contributed by atoms with Crippen molar-refractivity contribution >= 4 is 0 Å². The van der Waals surface area contributed by atoms with E-state index in [2.05, 4.69) is 0 Å². The molecular weight excluding hydrogens is 448 g/mol. The van der Waals surface area contributed by atoms with Crippen molar-refractivity contribution < 1.29 is 19.6 Å². The van der Waals surface area contributed by atoms with Crippen LogP contribution in [0.2, 0.25) is 0 Å². The van der Waals surface area contributed by atoms with E-state index in [0.29, 0.717) is 29.4 Å². The monoisotopic (exact) mass is 476 g/mol. The largest absolute Gasteiger partial charge is 0.860 e. The van der Waals surface area contributed by atoms with Gasteiger partial charge in [0.15, 0.2) is 5.69 Å². The summed E-state index contributed by atoms with van der Waals surface area (Å²) >= 11 is 0. The summed E-state index contributed by atoms with van der Waals surface area (Å²) in [6, 6.07) is 16.6. The molecule has 1 unspecified atom stereocenters. The molecule has 35 heavy (non-hydrogen) atoms. The van der Waals surface area contributed by atoms with Gasteiger partial charge in [0.05, 0.1) is 7.11 Å². The number of nitrogens with zero attached hydrogens (tertiary/aromatic N) is 4. The highest BCUT2D eigenvalue weighted by atomic mass is 16.5. The van der Waals surface area contributed by atoms with Gasteiger partial charge in [-0.2, -0.15) is 0 Å². The van der Waals surface area contributed by atoms with Crippen LogP contribution in [0.4, 0.5) is 0 Å². The third kappa shape index (κ3) is 3.99. The van der Waals surface area contributed by atoms with Gasteiger partial charge in [0, 0.05) is 33.5 Å². The predicted molar refractivity (Wildman–Crippen MR) is 127 cm³/mol. The molecular formula is C26H28N4O5. The molecule has 0 aliphatic heterocycles. The van der Waals surface area contributed by atoms with Gasteiger partial charge >= 0.3 is 11.5 Å². The Bertz CT molecular complexity index is 1500. The van der Waals surface area contributed by atoms with Gasteiger partial charge in [-0.3, -0.25) is 9.36 Å². The van der Waals surface area contributed by atoms with Crippen molar-refractivity contribution in [2.45, 2.75) is 26.3 Å². The van der Waals surface area contributed by atoms with Gasteiger partial charge < -0.3 is 19.6 Å². The van der Waals surface area contributed by atoms with E-state index in [4.69, 9.17) is 4.74 Å². The maximum atomic E-state index is 13.4. The summed E-state index contributed by atoms with van der Waals surface area (Å²) in [4.78, 5) is 25.8. The average Bonchev–Trinajstić information content (AvgIpc) is 3.08. The first kappa shape index (κ1) is 23.9. The van der Waals surface area contributed by atoms with Crippen LogP contribution in [0.15, 0.2) is 64.2 Å². The first-order chi connectivity index (χ1) is 16.7. The van der Waals surface area contributed by atoms with Gasteiger partial charge in [-0.15, -0.1) is 0 Å². The van der Waals surface area contributed by atoms with Crippen LogP contribution in [0.1, 0.15) is 39.8 Å². The van der Waals surface area contributed by atoms with Crippen molar-refractivity contribution in [1.29, 1.82) is 0 Å². The Kier molecular flexibility index (Phi) is 6.26. The van der Waals surface area contributed by atoms with Crippen molar-refractivity contribution in [2.24, 2.45) is 14.1 Å². The Morgan fingerprint density at radius 2 is 1.63 bits per heavy atom. The third-order valence-corrected chi connectivity index (χ3v) is 6.56. The molecule has 1 N–H and O–H groups in total. The van der Waals surface area contributed by atoms with E-state index in [0.717, 1.165) is 25.1 Å². The molecule has 1 atom stereocenters. The summed E-state index contributed by atoms with van der Waals surface area (Å²) in [5, 5.41) is 24.6. The van der Waals surface area contributed by atoms with Gasteiger partial charge in [-0.1, -0.05) is 42.5 Å². The molecule has 0 amide bonds. The fourth-order valence-corrected chi connectivity index (χ4v) is 4.39. The topological polar surface area (TPSA) is 105 Å². The highest BCUT2D eigenvalue weighted by Gasteiger charge is 2.38. The summed E-state index contributed by atoms with van der Waals surface area (Å²) in [5.41, 5.74) is 1.38. The van der Waals surface area contributed by atoms with Crippen LogP contribution in [-0.2, 0) is 20.6 Å². The summed E-state index contributed by atoms with van der Waals surface area (Å²) in [6.45, 7) is 4.04. The number of hydrogen-bond acceptors (Lipinski definition) is 5. The molecule has 4 aromatic rings. The fraction of sp³-hybridized carbons (Fsp3) is 0.269. The summed E-state index contributed by atoms with van der Waals surface area (Å²) in [7, 11) is 4.22. The Balaban J connectivity index is 2.08. The molecule has 2 heterocycles. The molecule has 182 valence electrons. The molecule has 0 fully saturated rings. The minimum atomic E-state index is -0.958. The second kappa shape index (κ2) is 9.17. The normalized spacial score (nSPS) is 12.0. The van der Waals surface area contributed by atoms with Crippen LogP contribution in [0.5, 0.6) is 11.6 Å². The lowest BCUT2D eigenvalue weighted by Gasteiger charge is -2.24. The van der Waals surface area contributed by atoms with E-state index in [1.165, 1.54) is 14.1 Å². The van der Waals surface area contributed by atoms with Crippen LogP contribution in [0.3, 0.4) is 0 Å². The minimum Gasteiger partial charge on any atom is -0.860 e. The molecule has 0 radical (unpaired) electrons. The van der Waals surface area contributed by atoms with Gasteiger partial charge in [-0.05, 0) is 33.9 Å². The quantitative estimate of drug-likeness (QED) is 0.334. The summed E-state index contributed by atoms with van der Waals surface area (Å²) in [6.07, 6.45) is 0. The molecule has 0 spiro atoms. The third-order valence-electron chi connectivity index (χ3n) is 6.56. The number of aromatic nitrogens is 4. The standard InChI is InChI=1S/C26H28N4O5/c1-16-17(2)30(34)23(29(16)15-18-9-7-6-8-10-18)21(19-11-13-20(35-5)14-12-19)22-24(31)27(3)26(33)28(4)25(22)32/h6-14,21H,15H2,1-5H3,(H-,31,32,34). The van der Waals surface area contributed by atoms with E-state index in [-0.39, 0.29) is 5.56 Å². The molecule has 2 aromatic carbocycles. The molecule has 2 aromatic heterocycles. The van der Waals surface area contributed by atoms with Crippen LogP contribution >= 0.6 is 0 Å². The van der Waals surface area contributed by atoms with Crippen LogP contribution in [0.25, 0.3) is 0 Å². The highest BCUT2D eigenvalue weighted by Crippen LogP contribution is 2.33. The van der Waals surface area contributed by atoms with Crippen molar-refractivity contribution in [3.63, 3.8) is 0 Å². The Morgan fingerprint density at radius 1 is 1.00 bits per heavy atom. The Labute approximate surface area is 202 Å². The smallest absolute Gasteiger partial charge is 0.329 e. The Morgan fingerprint density at radius 3 is 2.23 bits per heavy atom. The number of imidazole rings is 1. The average molecular weight is 477 g/mol. The van der Waals surface area contributed by atoms with Gasteiger partial charge in [0.2, 0.25) is 0 Å². The van der Waals surface area contributed by atoms with E-state index >= 15 is 0 Å². The molecule has 0 saturated carbocycles. The van der Waals surface area contributed by atoms with Gasteiger partial charge in [0.25, 0.3) is 5.56 Å². The zero-order valence-corrected chi connectivity index (χ0v) is 20.3. The number of hydrogen-bond donors (Lipinski definition) is 1. The minimum absolute atomic E-state index is 0.130. The second-order valence-electron chi connectivity index (χ2n) is 8.54. The first-order valence-electron chi connectivity index (χ1n) is 11.1. The van der Waals surface area contributed by atoms with E-state index in [1.54, 1.807) is 38.3 Å². The SMILES string of the molecule is COc1ccc(C(c2c([O-])n(C)c(=O)n(C)c2=O)c2n(O)c(C)c(C)[n+]2Cc2ccccc2)cc1. The maximum absolute atomic E-state index is 13.4. The van der Waals surface area contributed by atoms with Crippen molar-refractivity contribution in [3.05, 3.63) is 109 Å². The predicted octanol–water partition coefficient (Wildman–Crippen LogP) is 1.34. The molecule has 0 bridgehead atoms. The van der Waals surface area contributed by atoms with Crippen molar-refractivity contribution in [2.75, 3.05) is 7.11 Å². The molecule has 0 saturated heterocycles. The summed E-state index contributed by atoms with van der Waals surface area (Å²) in [5.74, 6) is -0.726. The fourth-order valence-electron chi connectivity index (χ4n) is 4.39. The van der Waals surface area contributed by atoms with Crippen molar-refractivity contribution in [3.8, 4) is 11.6 Å². The summed E-state index contributed by atoms with van der Waals surface area (Å²) < 4.78 is 10.0. The molecule has 4 rings (SSSR count). The number of methoxy groups -OCH3 is 1. The van der Waals surface area contributed by atoms with E-state index in [9.17, 15) is 19.9 Å². The molecule has 0 aliphatic rings.